The minimum absolute atomic E-state index is 0.0873. The molecule has 2 heterocycles. The first-order chi connectivity index (χ1) is 9.00. The Morgan fingerprint density at radius 3 is 2.79 bits per heavy atom. The van der Waals surface area contributed by atoms with Gasteiger partial charge in [0.15, 0.2) is 5.69 Å². The number of amides is 2. The monoisotopic (exact) mass is 280 g/mol. The molecule has 2 aromatic heterocycles. The molecule has 0 unspecified atom stereocenters. The van der Waals surface area contributed by atoms with Gasteiger partial charge in [-0.3, -0.25) is 9.59 Å². The number of hydrogen-bond acceptors (Lipinski definition) is 3. The zero-order valence-electron chi connectivity index (χ0n) is 10.6. The molecule has 0 aliphatic heterocycles. The van der Waals surface area contributed by atoms with Crippen molar-refractivity contribution < 1.29 is 9.59 Å². The maximum absolute atomic E-state index is 11.9. The lowest BCUT2D eigenvalue weighted by atomic mass is 10.3. The highest BCUT2D eigenvalue weighted by atomic mass is 35.5. The van der Waals surface area contributed by atoms with E-state index in [-0.39, 0.29) is 23.2 Å². The Morgan fingerprint density at radius 2 is 2.16 bits per heavy atom. The number of nitrogens with one attached hydrogen (secondary N) is 1. The van der Waals surface area contributed by atoms with Gasteiger partial charge in [-0.2, -0.15) is 5.10 Å². The van der Waals surface area contributed by atoms with Crippen LogP contribution in [0.1, 0.15) is 10.5 Å². The summed E-state index contributed by atoms with van der Waals surface area (Å²) in [6.07, 6.45) is 1.70. The highest BCUT2D eigenvalue weighted by molar-refractivity contribution is 6.36. The molecule has 2 rings (SSSR count). The number of carbonyl (C=O) groups is 2. The van der Waals surface area contributed by atoms with Gasteiger partial charge in [0.2, 0.25) is 5.91 Å². The molecular weight excluding hydrogens is 268 g/mol. The Hall–Kier alpha value is -2.08. The van der Waals surface area contributed by atoms with E-state index >= 15 is 0 Å². The van der Waals surface area contributed by atoms with Crippen LogP contribution in [0.25, 0.3) is 5.52 Å². The molecule has 7 heteroatoms. The largest absolute Gasteiger partial charge is 0.347 e. The maximum Gasteiger partial charge on any atom is 0.273 e. The first-order valence-corrected chi connectivity index (χ1v) is 5.99. The predicted octanol–water partition coefficient (Wildman–Crippen LogP) is 0.806. The first-order valence-electron chi connectivity index (χ1n) is 5.62. The lowest BCUT2D eigenvalue weighted by molar-refractivity contribution is -0.127. The van der Waals surface area contributed by atoms with Crippen molar-refractivity contribution in [2.24, 2.45) is 0 Å². The minimum atomic E-state index is -0.469. The second-order valence-corrected chi connectivity index (χ2v) is 4.54. The van der Waals surface area contributed by atoms with Crippen LogP contribution in [0.3, 0.4) is 0 Å². The van der Waals surface area contributed by atoms with Crippen molar-refractivity contribution in [1.29, 1.82) is 0 Å². The maximum atomic E-state index is 11.9. The number of hydrogen-bond donors (Lipinski definition) is 1. The van der Waals surface area contributed by atoms with Crippen LogP contribution < -0.4 is 5.32 Å². The molecule has 0 radical (unpaired) electrons. The normalized spacial score (nSPS) is 10.5. The van der Waals surface area contributed by atoms with E-state index in [1.54, 1.807) is 38.5 Å². The van der Waals surface area contributed by atoms with Crippen LogP contribution in [0.15, 0.2) is 24.4 Å². The van der Waals surface area contributed by atoms with Crippen LogP contribution in [0.5, 0.6) is 0 Å². The minimum Gasteiger partial charge on any atom is -0.347 e. The van der Waals surface area contributed by atoms with Crippen molar-refractivity contribution >= 4 is 28.9 Å². The quantitative estimate of drug-likeness (QED) is 0.905. The summed E-state index contributed by atoms with van der Waals surface area (Å²) < 4.78 is 1.52. The van der Waals surface area contributed by atoms with Crippen LogP contribution in [-0.2, 0) is 4.79 Å². The zero-order valence-corrected chi connectivity index (χ0v) is 11.3. The lowest BCUT2D eigenvalue weighted by Gasteiger charge is -2.10. The molecule has 6 nitrogen and oxygen atoms in total. The van der Waals surface area contributed by atoms with E-state index < -0.39 is 5.91 Å². The molecule has 0 spiro atoms. The summed E-state index contributed by atoms with van der Waals surface area (Å²) in [6.45, 7) is -0.0873. The van der Waals surface area contributed by atoms with Gasteiger partial charge in [-0.05, 0) is 12.1 Å². The molecule has 0 atom stereocenters. The summed E-state index contributed by atoms with van der Waals surface area (Å²) >= 11 is 6.09. The highest BCUT2D eigenvalue weighted by Gasteiger charge is 2.18. The third-order valence-corrected chi connectivity index (χ3v) is 2.97. The Bertz CT molecular complexity index is 636. The third-order valence-electron chi connectivity index (χ3n) is 2.59. The average Bonchev–Trinajstić information content (AvgIpc) is 2.73. The number of pyridine rings is 1. The second kappa shape index (κ2) is 5.27. The van der Waals surface area contributed by atoms with Gasteiger partial charge in [-0.1, -0.05) is 17.7 Å². The molecule has 0 aromatic carbocycles. The fourth-order valence-electron chi connectivity index (χ4n) is 1.51. The SMILES string of the molecule is CN(C)C(=O)CNC(=O)c1nn2ccccc2c1Cl. The molecule has 1 N–H and O–H groups in total. The molecule has 2 aromatic rings. The van der Waals surface area contributed by atoms with E-state index in [0.717, 1.165) is 0 Å². The Kier molecular flexibility index (Phi) is 3.71. The van der Waals surface area contributed by atoms with Crippen LogP contribution in [0.2, 0.25) is 5.02 Å². The molecule has 0 aliphatic rings. The van der Waals surface area contributed by atoms with Gasteiger partial charge >= 0.3 is 0 Å². The molecule has 19 heavy (non-hydrogen) atoms. The van der Waals surface area contributed by atoms with Gasteiger partial charge < -0.3 is 10.2 Å². The van der Waals surface area contributed by atoms with Gasteiger partial charge in [0.25, 0.3) is 5.91 Å². The zero-order chi connectivity index (χ0) is 14.0. The Balaban J connectivity index is 2.18. The Labute approximate surface area is 114 Å². The lowest BCUT2D eigenvalue weighted by Crippen LogP contribution is -2.36. The Morgan fingerprint density at radius 1 is 1.42 bits per heavy atom. The molecule has 2 amide bonds. The number of nitrogens with zero attached hydrogens (tertiary/aromatic N) is 3. The van der Waals surface area contributed by atoms with E-state index in [9.17, 15) is 9.59 Å². The number of aromatic nitrogens is 2. The first kappa shape index (κ1) is 13.4. The van der Waals surface area contributed by atoms with Crippen LogP contribution in [-0.4, -0.2) is 47.0 Å². The fourth-order valence-corrected chi connectivity index (χ4v) is 1.78. The van der Waals surface area contributed by atoms with Gasteiger partial charge in [-0.15, -0.1) is 0 Å². The van der Waals surface area contributed by atoms with E-state index in [0.29, 0.717) is 5.52 Å². The summed E-state index contributed by atoms with van der Waals surface area (Å²) in [5.74, 6) is -0.669. The smallest absolute Gasteiger partial charge is 0.273 e. The number of halogens is 1. The molecular formula is C12H13ClN4O2. The second-order valence-electron chi connectivity index (χ2n) is 4.16. The van der Waals surface area contributed by atoms with E-state index in [4.69, 9.17) is 11.6 Å². The summed E-state index contributed by atoms with van der Waals surface area (Å²) in [5, 5.41) is 6.85. The van der Waals surface area contributed by atoms with Gasteiger partial charge in [-0.25, -0.2) is 4.52 Å². The average molecular weight is 281 g/mol. The highest BCUT2D eigenvalue weighted by Crippen LogP contribution is 2.21. The topological polar surface area (TPSA) is 66.7 Å². The van der Waals surface area contributed by atoms with Gasteiger partial charge in [0.05, 0.1) is 17.1 Å². The van der Waals surface area contributed by atoms with Crippen molar-refractivity contribution in [1.82, 2.24) is 19.8 Å². The molecule has 0 saturated heterocycles. The molecule has 100 valence electrons. The number of carbonyl (C=O) groups excluding carboxylic acids is 2. The van der Waals surface area contributed by atoms with Gasteiger partial charge in [0, 0.05) is 20.3 Å². The van der Waals surface area contributed by atoms with Crippen molar-refractivity contribution in [3.05, 3.63) is 35.1 Å². The van der Waals surface area contributed by atoms with E-state index in [1.807, 2.05) is 0 Å². The summed E-state index contributed by atoms with van der Waals surface area (Å²) in [6, 6.07) is 5.35. The van der Waals surface area contributed by atoms with Crippen LogP contribution >= 0.6 is 11.6 Å². The fraction of sp³-hybridized carbons (Fsp3) is 0.250. The van der Waals surface area contributed by atoms with Crippen molar-refractivity contribution in [3.8, 4) is 0 Å². The standard InChI is InChI=1S/C12H13ClN4O2/c1-16(2)9(18)7-14-12(19)11-10(13)8-5-3-4-6-17(8)15-11/h3-6H,7H2,1-2H3,(H,14,19). The van der Waals surface area contributed by atoms with Crippen LogP contribution in [0.4, 0.5) is 0 Å². The van der Waals surface area contributed by atoms with Crippen molar-refractivity contribution in [3.63, 3.8) is 0 Å². The van der Waals surface area contributed by atoms with E-state index in [2.05, 4.69) is 10.4 Å². The summed E-state index contributed by atoms with van der Waals surface area (Å²) in [7, 11) is 3.23. The summed E-state index contributed by atoms with van der Waals surface area (Å²) in [4.78, 5) is 24.7. The molecule has 0 aliphatic carbocycles. The molecule has 0 saturated carbocycles. The third kappa shape index (κ3) is 2.68. The number of likely N-dealkylation sites (N-methyl/N-ethyl adjacent to an activating group) is 1. The number of fused-ring (bicyclic) bond motifs is 1. The number of rotatable bonds is 3. The van der Waals surface area contributed by atoms with Crippen molar-refractivity contribution in [2.75, 3.05) is 20.6 Å². The van der Waals surface area contributed by atoms with Crippen molar-refractivity contribution in [2.45, 2.75) is 0 Å². The van der Waals surface area contributed by atoms with Gasteiger partial charge in [0.1, 0.15) is 0 Å². The summed E-state index contributed by atoms with van der Waals surface area (Å²) in [5.41, 5.74) is 0.757. The molecule has 0 bridgehead atoms. The van der Waals surface area contributed by atoms with Crippen LogP contribution in [0, 0.1) is 0 Å². The predicted molar refractivity (Wildman–Crippen MR) is 71.2 cm³/mol. The van der Waals surface area contributed by atoms with E-state index in [1.165, 1.54) is 9.42 Å². The molecule has 0 fully saturated rings.